The number of nitrogens with one attached hydrogen (secondary N) is 1. The van der Waals surface area contributed by atoms with Crippen molar-refractivity contribution < 1.29 is 9.47 Å². The molecule has 1 heterocycles. The first kappa shape index (κ1) is 15.4. The average molecular weight is 269 g/mol. The summed E-state index contributed by atoms with van der Waals surface area (Å²) in [6.07, 6.45) is 0.221. The fourth-order valence-corrected chi connectivity index (χ4v) is 1.35. The Morgan fingerprint density at radius 2 is 2.00 bits per heavy atom. The molecular weight excluding hydrogens is 246 g/mol. The normalized spacial score (nSPS) is 10.6. The van der Waals surface area contributed by atoms with Crippen LogP contribution in [0.4, 0.5) is 11.9 Å². The van der Waals surface area contributed by atoms with Gasteiger partial charge in [0.2, 0.25) is 11.9 Å². The van der Waals surface area contributed by atoms with Gasteiger partial charge < -0.3 is 19.7 Å². The highest BCUT2D eigenvalue weighted by molar-refractivity contribution is 5.37. The van der Waals surface area contributed by atoms with E-state index in [-0.39, 0.29) is 6.10 Å². The number of likely N-dealkylation sites (N-methyl/N-ethyl adjacent to an activating group) is 1. The van der Waals surface area contributed by atoms with Crippen LogP contribution in [0, 0.1) is 0 Å². The number of hydrogen-bond acceptors (Lipinski definition) is 7. The van der Waals surface area contributed by atoms with E-state index in [1.165, 1.54) is 0 Å². The van der Waals surface area contributed by atoms with E-state index in [2.05, 4.69) is 20.3 Å². The molecule has 1 N–H and O–H groups in total. The molecule has 0 spiro atoms. The van der Waals surface area contributed by atoms with Crippen molar-refractivity contribution in [1.29, 1.82) is 0 Å². The van der Waals surface area contributed by atoms with Gasteiger partial charge in [-0.25, -0.2) is 0 Å². The lowest BCUT2D eigenvalue weighted by atomic mass is 10.5. The monoisotopic (exact) mass is 269 g/mol. The molecule has 0 bridgehead atoms. The third kappa shape index (κ3) is 5.25. The summed E-state index contributed by atoms with van der Waals surface area (Å²) >= 11 is 0. The van der Waals surface area contributed by atoms with Gasteiger partial charge >= 0.3 is 6.01 Å². The molecule has 0 atom stereocenters. The van der Waals surface area contributed by atoms with E-state index in [0.717, 1.165) is 0 Å². The van der Waals surface area contributed by atoms with E-state index in [9.17, 15) is 0 Å². The van der Waals surface area contributed by atoms with Crippen molar-refractivity contribution in [3.63, 3.8) is 0 Å². The van der Waals surface area contributed by atoms with E-state index in [1.807, 2.05) is 32.7 Å². The summed E-state index contributed by atoms with van der Waals surface area (Å²) in [5.41, 5.74) is 0. The number of aromatic nitrogens is 3. The number of ether oxygens (including phenoxy) is 2. The largest absolute Gasteiger partial charge is 0.464 e. The van der Waals surface area contributed by atoms with Gasteiger partial charge in [-0.2, -0.15) is 15.0 Å². The summed E-state index contributed by atoms with van der Waals surface area (Å²) in [6, 6.07) is 0.327. The van der Waals surface area contributed by atoms with Gasteiger partial charge in [0.25, 0.3) is 0 Å². The Hall–Kier alpha value is -1.63. The zero-order valence-corrected chi connectivity index (χ0v) is 12.3. The summed E-state index contributed by atoms with van der Waals surface area (Å²) in [5.74, 6) is 1.06. The van der Waals surface area contributed by atoms with Gasteiger partial charge in [-0.05, 0) is 20.8 Å². The van der Waals surface area contributed by atoms with Crippen molar-refractivity contribution in [2.24, 2.45) is 0 Å². The Morgan fingerprint density at radius 3 is 2.58 bits per heavy atom. The zero-order valence-electron chi connectivity index (χ0n) is 12.3. The molecule has 0 unspecified atom stereocenters. The summed E-state index contributed by atoms with van der Waals surface area (Å²) in [6.45, 7) is 7.76. The summed E-state index contributed by atoms with van der Waals surface area (Å²) in [4.78, 5) is 14.6. The second kappa shape index (κ2) is 7.73. The Bertz CT molecular complexity index is 386. The first-order chi connectivity index (χ1) is 9.06. The molecule has 19 heavy (non-hydrogen) atoms. The molecule has 0 aliphatic heterocycles. The maximum Gasteiger partial charge on any atom is 0.323 e. The highest BCUT2D eigenvalue weighted by atomic mass is 16.5. The van der Waals surface area contributed by atoms with Crippen molar-refractivity contribution in [3.05, 3.63) is 0 Å². The maximum absolute atomic E-state index is 5.51. The van der Waals surface area contributed by atoms with Gasteiger partial charge in [-0.1, -0.05) is 0 Å². The molecule has 0 fully saturated rings. The van der Waals surface area contributed by atoms with Crippen LogP contribution in [0.25, 0.3) is 0 Å². The third-order valence-corrected chi connectivity index (χ3v) is 2.32. The van der Waals surface area contributed by atoms with Crippen molar-refractivity contribution >= 4 is 11.9 Å². The number of anilines is 2. The maximum atomic E-state index is 5.51. The smallest absolute Gasteiger partial charge is 0.323 e. The first-order valence-corrected chi connectivity index (χ1v) is 6.46. The van der Waals surface area contributed by atoms with Gasteiger partial charge in [0.15, 0.2) is 0 Å². The second-order valence-electron chi connectivity index (χ2n) is 4.27. The number of rotatable bonds is 8. The molecule has 7 heteroatoms. The molecule has 0 aromatic carbocycles. The van der Waals surface area contributed by atoms with Gasteiger partial charge in [-0.15, -0.1) is 0 Å². The van der Waals surface area contributed by atoms with Gasteiger partial charge in [0.05, 0.1) is 19.3 Å². The topological polar surface area (TPSA) is 72.4 Å². The van der Waals surface area contributed by atoms with Crippen molar-refractivity contribution in [2.45, 2.75) is 26.9 Å². The minimum atomic E-state index is 0.221. The Balaban J connectivity index is 2.71. The Kier molecular flexibility index (Phi) is 6.27. The number of hydrogen-bond donors (Lipinski definition) is 1. The average Bonchev–Trinajstić information content (AvgIpc) is 2.38. The molecule has 1 rings (SSSR count). The molecule has 0 saturated carbocycles. The Morgan fingerprint density at radius 1 is 1.26 bits per heavy atom. The van der Waals surface area contributed by atoms with E-state index in [1.54, 1.807) is 7.05 Å². The van der Waals surface area contributed by atoms with E-state index in [0.29, 0.717) is 37.7 Å². The van der Waals surface area contributed by atoms with Crippen LogP contribution >= 0.6 is 0 Å². The minimum absolute atomic E-state index is 0.221. The summed E-state index contributed by atoms with van der Waals surface area (Å²) < 4.78 is 10.8. The molecule has 0 saturated heterocycles. The van der Waals surface area contributed by atoms with Crippen molar-refractivity contribution in [1.82, 2.24) is 15.0 Å². The fraction of sp³-hybridized carbons (Fsp3) is 0.750. The predicted molar refractivity (Wildman–Crippen MR) is 74.9 cm³/mol. The first-order valence-electron chi connectivity index (χ1n) is 6.46. The Labute approximate surface area is 114 Å². The fourth-order valence-electron chi connectivity index (χ4n) is 1.35. The molecule has 7 nitrogen and oxygen atoms in total. The predicted octanol–water partition coefficient (Wildman–Crippen LogP) is 1.17. The van der Waals surface area contributed by atoms with Crippen LogP contribution in [0.2, 0.25) is 0 Å². The lowest BCUT2D eigenvalue weighted by Crippen LogP contribution is -2.26. The zero-order chi connectivity index (χ0) is 14.3. The van der Waals surface area contributed by atoms with Crippen LogP contribution < -0.4 is 15.0 Å². The van der Waals surface area contributed by atoms with E-state index in [4.69, 9.17) is 9.47 Å². The number of nitrogens with zero attached hydrogens (tertiary/aromatic N) is 4. The molecule has 1 aromatic heterocycles. The summed E-state index contributed by atoms with van der Waals surface area (Å²) in [7, 11) is 3.67. The van der Waals surface area contributed by atoms with Crippen LogP contribution in [0.3, 0.4) is 0 Å². The SMILES string of the molecule is CCOc1nc(NC)nc(N(C)CCOC(C)C)n1. The standard InChI is InChI=1S/C12H23N5O2/c1-6-18-12-15-10(13-4)14-11(16-12)17(5)7-8-19-9(2)3/h9H,6-8H2,1-5H3,(H,13,14,15,16). The second-order valence-corrected chi connectivity index (χ2v) is 4.27. The highest BCUT2D eigenvalue weighted by Gasteiger charge is 2.10. The highest BCUT2D eigenvalue weighted by Crippen LogP contribution is 2.13. The van der Waals surface area contributed by atoms with E-state index >= 15 is 0 Å². The van der Waals surface area contributed by atoms with E-state index < -0.39 is 0 Å². The molecule has 1 aromatic rings. The van der Waals surface area contributed by atoms with Crippen LogP contribution in [0.5, 0.6) is 6.01 Å². The van der Waals surface area contributed by atoms with Gasteiger partial charge in [-0.3, -0.25) is 0 Å². The summed E-state index contributed by atoms with van der Waals surface area (Å²) in [5, 5.41) is 2.90. The molecule has 0 aliphatic carbocycles. The van der Waals surface area contributed by atoms with Gasteiger partial charge in [0, 0.05) is 20.6 Å². The third-order valence-electron chi connectivity index (χ3n) is 2.32. The van der Waals surface area contributed by atoms with Crippen LogP contribution in [0.1, 0.15) is 20.8 Å². The lowest BCUT2D eigenvalue weighted by Gasteiger charge is -2.18. The molecule has 108 valence electrons. The lowest BCUT2D eigenvalue weighted by molar-refractivity contribution is 0.0844. The van der Waals surface area contributed by atoms with Crippen molar-refractivity contribution in [2.75, 3.05) is 44.1 Å². The van der Waals surface area contributed by atoms with Gasteiger partial charge in [0.1, 0.15) is 0 Å². The van der Waals surface area contributed by atoms with Crippen LogP contribution in [-0.4, -0.2) is 54.9 Å². The quantitative estimate of drug-likeness (QED) is 0.759. The minimum Gasteiger partial charge on any atom is -0.464 e. The molecule has 0 amide bonds. The molecule has 0 aliphatic rings. The van der Waals surface area contributed by atoms with Crippen LogP contribution in [0.15, 0.2) is 0 Å². The van der Waals surface area contributed by atoms with Crippen molar-refractivity contribution in [3.8, 4) is 6.01 Å². The van der Waals surface area contributed by atoms with Crippen LogP contribution in [-0.2, 0) is 4.74 Å². The molecular formula is C12H23N5O2. The molecule has 0 radical (unpaired) electrons.